The standard InChI is InChI=1S/C13H17ClN2OS/c1-8-9(2)18-6-5-16(8)13(17)10-3-4-11(14)12(15)7-10/h3-4,7-9H,5-6,15H2,1-2H3. The van der Waals surface area contributed by atoms with Crippen molar-refractivity contribution in [2.75, 3.05) is 18.0 Å². The summed E-state index contributed by atoms with van der Waals surface area (Å²) in [5.74, 6) is 1.03. The first-order chi connectivity index (χ1) is 8.50. The highest BCUT2D eigenvalue weighted by Crippen LogP contribution is 2.27. The minimum absolute atomic E-state index is 0.0398. The Bertz CT molecular complexity index is 466. The second kappa shape index (κ2) is 5.41. The van der Waals surface area contributed by atoms with Gasteiger partial charge in [-0.1, -0.05) is 18.5 Å². The maximum atomic E-state index is 12.4. The van der Waals surface area contributed by atoms with Gasteiger partial charge in [-0.05, 0) is 25.1 Å². The lowest BCUT2D eigenvalue weighted by molar-refractivity contribution is 0.0698. The van der Waals surface area contributed by atoms with E-state index in [2.05, 4.69) is 13.8 Å². The Hall–Kier alpha value is -0.870. The Balaban J connectivity index is 2.22. The van der Waals surface area contributed by atoms with Gasteiger partial charge >= 0.3 is 0 Å². The van der Waals surface area contributed by atoms with Crippen LogP contribution in [0.25, 0.3) is 0 Å². The molecule has 0 aromatic heterocycles. The minimum atomic E-state index is 0.0398. The number of amides is 1. The van der Waals surface area contributed by atoms with Gasteiger partial charge in [0.05, 0.1) is 10.7 Å². The smallest absolute Gasteiger partial charge is 0.254 e. The van der Waals surface area contributed by atoms with E-state index in [-0.39, 0.29) is 11.9 Å². The first kappa shape index (κ1) is 13.6. The van der Waals surface area contributed by atoms with E-state index < -0.39 is 0 Å². The minimum Gasteiger partial charge on any atom is -0.398 e. The van der Waals surface area contributed by atoms with Crippen molar-refractivity contribution in [3.63, 3.8) is 0 Å². The van der Waals surface area contributed by atoms with E-state index in [9.17, 15) is 4.79 Å². The second-order valence-corrected chi connectivity index (χ2v) is 6.44. The number of nitrogens with two attached hydrogens (primary N) is 1. The Morgan fingerprint density at radius 1 is 1.50 bits per heavy atom. The highest BCUT2D eigenvalue weighted by molar-refractivity contribution is 8.00. The summed E-state index contributed by atoms with van der Waals surface area (Å²) in [4.78, 5) is 14.4. The predicted molar refractivity (Wildman–Crippen MR) is 78.3 cm³/mol. The fraction of sp³-hybridized carbons (Fsp3) is 0.462. The molecule has 0 bridgehead atoms. The van der Waals surface area contributed by atoms with Crippen molar-refractivity contribution < 1.29 is 4.79 Å². The Morgan fingerprint density at radius 3 is 2.89 bits per heavy atom. The number of halogens is 1. The molecular formula is C13H17ClN2OS. The number of anilines is 1. The lowest BCUT2D eigenvalue weighted by Crippen LogP contribution is -2.47. The summed E-state index contributed by atoms with van der Waals surface area (Å²) in [6.07, 6.45) is 0. The molecule has 1 saturated heterocycles. The average molecular weight is 285 g/mol. The molecule has 2 N–H and O–H groups in total. The van der Waals surface area contributed by atoms with E-state index in [1.807, 2.05) is 16.7 Å². The van der Waals surface area contributed by atoms with Crippen molar-refractivity contribution in [3.05, 3.63) is 28.8 Å². The van der Waals surface area contributed by atoms with Gasteiger partial charge in [-0.15, -0.1) is 0 Å². The van der Waals surface area contributed by atoms with E-state index in [0.717, 1.165) is 12.3 Å². The van der Waals surface area contributed by atoms with Crippen LogP contribution in [-0.2, 0) is 0 Å². The zero-order valence-corrected chi connectivity index (χ0v) is 12.1. The van der Waals surface area contributed by atoms with Gasteiger partial charge in [0, 0.05) is 29.2 Å². The van der Waals surface area contributed by atoms with Crippen LogP contribution < -0.4 is 5.73 Å². The lowest BCUT2D eigenvalue weighted by atomic mass is 10.1. The van der Waals surface area contributed by atoms with Crippen molar-refractivity contribution in [1.29, 1.82) is 0 Å². The van der Waals surface area contributed by atoms with Crippen LogP contribution in [-0.4, -0.2) is 34.4 Å². The molecule has 1 aliphatic rings. The van der Waals surface area contributed by atoms with Gasteiger partial charge in [-0.2, -0.15) is 11.8 Å². The van der Waals surface area contributed by atoms with Crippen molar-refractivity contribution in [2.24, 2.45) is 0 Å². The number of benzene rings is 1. The molecule has 1 aromatic carbocycles. The van der Waals surface area contributed by atoms with E-state index in [1.165, 1.54) is 0 Å². The quantitative estimate of drug-likeness (QED) is 0.807. The topological polar surface area (TPSA) is 46.3 Å². The van der Waals surface area contributed by atoms with Crippen molar-refractivity contribution >= 4 is 35.0 Å². The number of thioether (sulfide) groups is 1. The molecule has 1 heterocycles. The number of hydrogen-bond acceptors (Lipinski definition) is 3. The first-order valence-corrected chi connectivity index (χ1v) is 7.41. The van der Waals surface area contributed by atoms with E-state index in [4.69, 9.17) is 17.3 Å². The van der Waals surface area contributed by atoms with Crippen LogP contribution in [0.5, 0.6) is 0 Å². The highest BCUT2D eigenvalue weighted by atomic mass is 35.5. The van der Waals surface area contributed by atoms with Gasteiger partial charge in [0.15, 0.2) is 0 Å². The SMILES string of the molecule is CC1SCCN(C(=O)c2ccc(Cl)c(N)c2)C1C. The molecule has 2 atom stereocenters. The fourth-order valence-electron chi connectivity index (χ4n) is 2.06. The number of nitrogen functional groups attached to an aromatic ring is 1. The molecule has 2 unspecified atom stereocenters. The molecule has 18 heavy (non-hydrogen) atoms. The summed E-state index contributed by atoms with van der Waals surface area (Å²) in [5, 5.41) is 0.953. The second-order valence-electron chi connectivity index (χ2n) is 4.55. The maximum Gasteiger partial charge on any atom is 0.254 e. The van der Waals surface area contributed by atoms with Crippen LogP contribution in [0.3, 0.4) is 0 Å². The zero-order chi connectivity index (χ0) is 13.3. The van der Waals surface area contributed by atoms with E-state index >= 15 is 0 Å². The number of rotatable bonds is 1. The molecule has 1 fully saturated rings. The molecule has 0 aliphatic carbocycles. The largest absolute Gasteiger partial charge is 0.398 e. The molecule has 1 amide bonds. The molecule has 1 aliphatic heterocycles. The summed E-state index contributed by atoms with van der Waals surface area (Å²) in [7, 11) is 0. The summed E-state index contributed by atoms with van der Waals surface area (Å²) < 4.78 is 0. The van der Waals surface area contributed by atoms with E-state index in [1.54, 1.807) is 18.2 Å². The first-order valence-electron chi connectivity index (χ1n) is 5.98. The molecular weight excluding hydrogens is 268 g/mol. The Kier molecular flexibility index (Phi) is 4.07. The Labute approximate surface area is 117 Å². The van der Waals surface area contributed by atoms with Crippen LogP contribution in [0.4, 0.5) is 5.69 Å². The zero-order valence-electron chi connectivity index (χ0n) is 10.5. The molecule has 0 saturated carbocycles. The monoisotopic (exact) mass is 284 g/mol. The molecule has 98 valence electrons. The maximum absolute atomic E-state index is 12.4. The molecule has 0 spiro atoms. The van der Waals surface area contributed by atoms with Crippen LogP contribution in [0.1, 0.15) is 24.2 Å². The van der Waals surface area contributed by atoms with E-state index in [0.29, 0.717) is 21.5 Å². The highest BCUT2D eigenvalue weighted by Gasteiger charge is 2.29. The van der Waals surface area contributed by atoms with Crippen molar-refractivity contribution in [3.8, 4) is 0 Å². The summed E-state index contributed by atoms with van der Waals surface area (Å²) >= 11 is 7.78. The summed E-state index contributed by atoms with van der Waals surface area (Å²) in [5.41, 5.74) is 6.81. The van der Waals surface area contributed by atoms with Crippen LogP contribution in [0.15, 0.2) is 18.2 Å². The normalized spacial score (nSPS) is 24.1. The summed E-state index contributed by atoms with van der Waals surface area (Å²) in [6.45, 7) is 5.04. The lowest BCUT2D eigenvalue weighted by Gasteiger charge is -2.37. The fourth-order valence-corrected chi connectivity index (χ4v) is 3.28. The Morgan fingerprint density at radius 2 is 2.22 bits per heavy atom. The van der Waals surface area contributed by atoms with Gasteiger partial charge in [-0.25, -0.2) is 0 Å². The van der Waals surface area contributed by atoms with Crippen LogP contribution in [0, 0.1) is 0 Å². The third-order valence-corrected chi connectivity index (χ3v) is 5.07. The molecule has 0 radical (unpaired) electrons. The van der Waals surface area contributed by atoms with Crippen molar-refractivity contribution in [2.45, 2.75) is 25.1 Å². The van der Waals surface area contributed by atoms with Gasteiger partial charge in [-0.3, -0.25) is 4.79 Å². The number of carbonyl (C=O) groups excluding carboxylic acids is 1. The molecule has 1 aromatic rings. The number of carbonyl (C=O) groups is 1. The third kappa shape index (κ3) is 2.59. The summed E-state index contributed by atoms with van der Waals surface area (Å²) in [6, 6.07) is 5.31. The van der Waals surface area contributed by atoms with Crippen LogP contribution in [0.2, 0.25) is 5.02 Å². The molecule has 5 heteroatoms. The molecule has 2 rings (SSSR count). The van der Waals surface area contributed by atoms with Crippen LogP contribution >= 0.6 is 23.4 Å². The average Bonchev–Trinajstić information content (AvgIpc) is 2.35. The van der Waals surface area contributed by atoms with Gasteiger partial charge in [0.2, 0.25) is 0 Å². The number of nitrogens with zero attached hydrogens (tertiary/aromatic N) is 1. The third-order valence-electron chi connectivity index (χ3n) is 3.39. The number of hydrogen-bond donors (Lipinski definition) is 1. The molecule has 3 nitrogen and oxygen atoms in total. The van der Waals surface area contributed by atoms with Gasteiger partial charge in [0.25, 0.3) is 5.91 Å². The van der Waals surface area contributed by atoms with Crippen molar-refractivity contribution in [1.82, 2.24) is 4.90 Å². The van der Waals surface area contributed by atoms with Gasteiger partial charge < -0.3 is 10.6 Å². The van der Waals surface area contributed by atoms with Gasteiger partial charge in [0.1, 0.15) is 0 Å². The predicted octanol–water partition coefficient (Wildman–Crippen LogP) is 2.89.